The zero-order valence-electron chi connectivity index (χ0n) is 17.5. The summed E-state index contributed by atoms with van der Waals surface area (Å²) < 4.78 is 13.8. The molecule has 2 N–H and O–H groups in total. The van der Waals surface area contributed by atoms with Gasteiger partial charge in [-0.3, -0.25) is 4.90 Å². The standard InChI is InChI=1S/C22H32FN5S/c1-3-21-27-19(16-29-21)15-28-11-9-17(10-12-28)13-25-22(24-4-2)26-14-18-7-5-6-8-20(18)23/h5-8,16-17H,3-4,9-15H2,1-2H3,(H2,24,25,26). The Balaban J connectivity index is 1.43. The summed E-state index contributed by atoms with van der Waals surface area (Å²) in [4.78, 5) is 11.7. The van der Waals surface area contributed by atoms with Gasteiger partial charge >= 0.3 is 0 Å². The van der Waals surface area contributed by atoms with Crippen LogP contribution in [0.5, 0.6) is 0 Å². The van der Waals surface area contributed by atoms with Crippen LogP contribution in [0.1, 0.15) is 43.0 Å². The van der Waals surface area contributed by atoms with Gasteiger partial charge in [0.2, 0.25) is 0 Å². The van der Waals surface area contributed by atoms with Gasteiger partial charge in [-0.2, -0.15) is 0 Å². The van der Waals surface area contributed by atoms with Gasteiger partial charge in [-0.15, -0.1) is 11.3 Å². The molecule has 0 unspecified atom stereocenters. The third-order valence-corrected chi connectivity index (χ3v) is 6.30. The van der Waals surface area contributed by atoms with Crippen molar-refractivity contribution in [1.29, 1.82) is 0 Å². The molecular formula is C22H32FN5S. The van der Waals surface area contributed by atoms with Gasteiger partial charge in [0.15, 0.2) is 5.96 Å². The van der Waals surface area contributed by atoms with Gasteiger partial charge in [-0.1, -0.05) is 25.1 Å². The second kappa shape index (κ2) is 11.3. The highest BCUT2D eigenvalue weighted by atomic mass is 32.1. The first kappa shape index (κ1) is 21.7. The van der Waals surface area contributed by atoms with Crippen molar-refractivity contribution in [3.05, 3.63) is 51.7 Å². The van der Waals surface area contributed by atoms with Crippen LogP contribution in [0.15, 0.2) is 34.6 Å². The van der Waals surface area contributed by atoms with E-state index in [1.54, 1.807) is 23.5 Å². The molecule has 0 saturated carbocycles. The lowest BCUT2D eigenvalue weighted by Crippen LogP contribution is -2.42. The Morgan fingerprint density at radius 3 is 2.72 bits per heavy atom. The van der Waals surface area contributed by atoms with Gasteiger partial charge in [-0.25, -0.2) is 14.4 Å². The molecule has 5 nitrogen and oxygen atoms in total. The van der Waals surface area contributed by atoms with Crippen molar-refractivity contribution in [2.75, 3.05) is 26.2 Å². The lowest BCUT2D eigenvalue weighted by atomic mass is 9.97. The van der Waals surface area contributed by atoms with Crippen molar-refractivity contribution in [1.82, 2.24) is 20.5 Å². The van der Waals surface area contributed by atoms with E-state index in [1.807, 2.05) is 13.0 Å². The van der Waals surface area contributed by atoms with Gasteiger partial charge < -0.3 is 10.6 Å². The maximum Gasteiger partial charge on any atom is 0.191 e. The summed E-state index contributed by atoms with van der Waals surface area (Å²) in [6, 6.07) is 6.81. The number of likely N-dealkylation sites (tertiary alicyclic amines) is 1. The number of halogens is 1. The molecule has 2 heterocycles. The van der Waals surface area contributed by atoms with E-state index in [9.17, 15) is 4.39 Å². The van der Waals surface area contributed by atoms with Crippen LogP contribution in [-0.2, 0) is 19.5 Å². The Kier molecular flexibility index (Phi) is 8.43. The maximum atomic E-state index is 13.8. The normalized spacial score (nSPS) is 16.2. The second-order valence-corrected chi connectivity index (χ2v) is 8.42. The number of nitrogens with one attached hydrogen (secondary N) is 2. The predicted molar refractivity (Wildman–Crippen MR) is 119 cm³/mol. The number of piperidine rings is 1. The molecule has 0 bridgehead atoms. The number of aromatic nitrogens is 1. The first-order valence-electron chi connectivity index (χ1n) is 10.6. The quantitative estimate of drug-likeness (QED) is 0.507. The summed E-state index contributed by atoms with van der Waals surface area (Å²) in [7, 11) is 0. The average molecular weight is 418 g/mol. The third-order valence-electron chi connectivity index (χ3n) is 5.26. The highest BCUT2D eigenvalue weighted by Crippen LogP contribution is 2.19. The van der Waals surface area contributed by atoms with E-state index in [1.165, 1.54) is 29.6 Å². The van der Waals surface area contributed by atoms with Gasteiger partial charge in [-0.05, 0) is 51.3 Å². The van der Waals surface area contributed by atoms with Crippen LogP contribution in [0, 0.1) is 11.7 Å². The third kappa shape index (κ3) is 6.78. The largest absolute Gasteiger partial charge is 0.357 e. The number of rotatable bonds is 8. The second-order valence-electron chi connectivity index (χ2n) is 7.47. The molecule has 1 aliphatic rings. The molecule has 1 saturated heterocycles. The Labute approximate surface area is 177 Å². The van der Waals surface area contributed by atoms with Crippen molar-refractivity contribution in [2.45, 2.75) is 46.2 Å². The van der Waals surface area contributed by atoms with Crippen LogP contribution in [0.25, 0.3) is 0 Å². The molecule has 0 radical (unpaired) electrons. The molecule has 1 aromatic heterocycles. The maximum absolute atomic E-state index is 13.8. The lowest BCUT2D eigenvalue weighted by molar-refractivity contribution is 0.176. The van der Waals surface area contributed by atoms with E-state index in [0.29, 0.717) is 18.0 Å². The molecule has 29 heavy (non-hydrogen) atoms. The van der Waals surface area contributed by atoms with Crippen LogP contribution >= 0.6 is 11.3 Å². The van der Waals surface area contributed by atoms with Crippen LogP contribution in [0.3, 0.4) is 0 Å². The van der Waals surface area contributed by atoms with Crippen LogP contribution in [-0.4, -0.2) is 42.0 Å². The number of hydrogen-bond acceptors (Lipinski definition) is 4. The highest BCUT2D eigenvalue weighted by molar-refractivity contribution is 7.09. The number of nitrogens with zero attached hydrogens (tertiary/aromatic N) is 3. The number of aryl methyl sites for hydroxylation is 1. The topological polar surface area (TPSA) is 52.6 Å². The summed E-state index contributed by atoms with van der Waals surface area (Å²) in [5.41, 5.74) is 1.82. The highest BCUT2D eigenvalue weighted by Gasteiger charge is 2.20. The van der Waals surface area contributed by atoms with Gasteiger partial charge in [0.05, 0.1) is 17.2 Å². The van der Waals surface area contributed by atoms with E-state index in [-0.39, 0.29) is 5.82 Å². The fourth-order valence-electron chi connectivity index (χ4n) is 3.54. The average Bonchev–Trinajstić information content (AvgIpc) is 3.20. The summed E-state index contributed by atoms with van der Waals surface area (Å²) >= 11 is 1.77. The fourth-order valence-corrected chi connectivity index (χ4v) is 4.27. The first-order chi connectivity index (χ1) is 14.2. The Bertz CT molecular complexity index is 783. The monoisotopic (exact) mass is 417 g/mol. The molecule has 0 spiro atoms. The first-order valence-corrected chi connectivity index (χ1v) is 11.5. The molecule has 0 atom stereocenters. The molecule has 1 fully saturated rings. The molecular weight excluding hydrogens is 385 g/mol. The Morgan fingerprint density at radius 1 is 1.24 bits per heavy atom. The zero-order chi connectivity index (χ0) is 20.5. The van der Waals surface area contributed by atoms with E-state index in [2.05, 4.69) is 37.8 Å². The molecule has 0 aliphatic carbocycles. The van der Waals surface area contributed by atoms with Gasteiger partial charge in [0.1, 0.15) is 5.82 Å². The van der Waals surface area contributed by atoms with Crippen molar-refractivity contribution in [3.63, 3.8) is 0 Å². The van der Waals surface area contributed by atoms with Crippen molar-refractivity contribution in [2.24, 2.45) is 10.9 Å². The lowest BCUT2D eigenvalue weighted by Gasteiger charge is -2.31. The van der Waals surface area contributed by atoms with Gasteiger partial charge in [0.25, 0.3) is 0 Å². The molecule has 0 amide bonds. The molecule has 7 heteroatoms. The number of guanidine groups is 1. The zero-order valence-corrected chi connectivity index (χ0v) is 18.3. The summed E-state index contributed by atoms with van der Waals surface area (Å²) in [6.45, 7) is 9.39. The van der Waals surface area contributed by atoms with E-state index in [0.717, 1.165) is 45.1 Å². The number of hydrogen-bond donors (Lipinski definition) is 2. The minimum Gasteiger partial charge on any atom is -0.357 e. The summed E-state index contributed by atoms with van der Waals surface area (Å²) in [5.74, 6) is 1.18. The Morgan fingerprint density at radius 2 is 2.03 bits per heavy atom. The van der Waals surface area contributed by atoms with Gasteiger partial charge in [0, 0.05) is 30.6 Å². The van der Waals surface area contributed by atoms with Crippen molar-refractivity contribution >= 4 is 17.3 Å². The van der Waals surface area contributed by atoms with E-state index in [4.69, 9.17) is 0 Å². The number of benzene rings is 1. The minimum absolute atomic E-state index is 0.203. The number of thiazole rings is 1. The SMILES string of the molecule is CCNC(=NCc1ccccc1F)NCC1CCN(Cc2csc(CC)n2)CC1. The van der Waals surface area contributed by atoms with Crippen LogP contribution < -0.4 is 10.6 Å². The molecule has 2 aromatic rings. The molecule has 3 rings (SSSR count). The molecule has 1 aromatic carbocycles. The smallest absolute Gasteiger partial charge is 0.191 e. The number of aliphatic imine (C=N–C) groups is 1. The van der Waals surface area contributed by atoms with Crippen molar-refractivity contribution < 1.29 is 4.39 Å². The summed E-state index contributed by atoms with van der Waals surface area (Å²) in [6.07, 6.45) is 3.36. The van der Waals surface area contributed by atoms with Crippen LogP contribution in [0.4, 0.5) is 4.39 Å². The predicted octanol–water partition coefficient (Wildman–Crippen LogP) is 3.81. The van der Waals surface area contributed by atoms with Crippen molar-refractivity contribution in [3.8, 4) is 0 Å². The fraction of sp³-hybridized carbons (Fsp3) is 0.545. The van der Waals surface area contributed by atoms with Crippen LogP contribution in [0.2, 0.25) is 0 Å². The summed E-state index contributed by atoms with van der Waals surface area (Å²) in [5, 5.41) is 10.1. The van der Waals surface area contributed by atoms with E-state index < -0.39 is 0 Å². The Hall–Kier alpha value is -1.99. The minimum atomic E-state index is -0.203. The molecule has 158 valence electrons. The molecule has 1 aliphatic heterocycles. The van der Waals surface area contributed by atoms with E-state index >= 15 is 0 Å².